The molecule has 1 atom stereocenters. The summed E-state index contributed by atoms with van der Waals surface area (Å²) in [6.45, 7) is 5.26. The van der Waals surface area contributed by atoms with Crippen molar-refractivity contribution in [2.75, 3.05) is 40.8 Å². The van der Waals surface area contributed by atoms with E-state index in [2.05, 4.69) is 29.2 Å². The molecule has 1 unspecified atom stereocenters. The number of hydrogen-bond acceptors (Lipinski definition) is 5. The number of methoxy groups -OCH3 is 1. The molecule has 0 spiro atoms. The Hall–Kier alpha value is -0.650. The number of hydrogen-bond donors (Lipinski definition) is 1. The lowest BCUT2D eigenvalue weighted by Gasteiger charge is -2.37. The average molecular weight is 297 g/mol. The third-order valence-electron chi connectivity index (χ3n) is 5.01. The summed E-state index contributed by atoms with van der Waals surface area (Å²) in [5.74, 6) is -0.133. The van der Waals surface area contributed by atoms with Crippen LogP contribution in [0.25, 0.3) is 0 Å². The van der Waals surface area contributed by atoms with Crippen LogP contribution in [0.15, 0.2) is 0 Å². The minimum Gasteiger partial charge on any atom is -0.468 e. The van der Waals surface area contributed by atoms with Gasteiger partial charge >= 0.3 is 5.97 Å². The Balaban J connectivity index is 1.84. The summed E-state index contributed by atoms with van der Waals surface area (Å²) in [4.78, 5) is 16.9. The molecule has 2 rings (SSSR count). The lowest BCUT2D eigenvalue weighted by atomic mass is 9.96. The zero-order valence-corrected chi connectivity index (χ0v) is 14.0. The maximum atomic E-state index is 12.1. The van der Waals surface area contributed by atoms with Gasteiger partial charge in [0.2, 0.25) is 0 Å². The number of ether oxygens (including phenoxy) is 1. The molecule has 0 amide bonds. The van der Waals surface area contributed by atoms with Gasteiger partial charge in [-0.05, 0) is 66.2 Å². The van der Waals surface area contributed by atoms with Crippen LogP contribution < -0.4 is 5.32 Å². The molecule has 1 aliphatic carbocycles. The number of nitrogens with one attached hydrogen (secondary N) is 1. The summed E-state index contributed by atoms with van der Waals surface area (Å²) in [6, 6.07) is 1.15. The lowest BCUT2D eigenvalue weighted by molar-refractivity contribution is -0.148. The largest absolute Gasteiger partial charge is 0.468 e. The van der Waals surface area contributed by atoms with Crippen LogP contribution in [-0.4, -0.2) is 74.2 Å². The summed E-state index contributed by atoms with van der Waals surface area (Å²) in [6.07, 6.45) is 5.60. The molecule has 0 aromatic rings. The first-order chi connectivity index (χ1) is 9.94. The van der Waals surface area contributed by atoms with Crippen LogP contribution in [-0.2, 0) is 9.53 Å². The Morgan fingerprint density at radius 3 is 2.48 bits per heavy atom. The van der Waals surface area contributed by atoms with Crippen LogP contribution in [0.5, 0.6) is 0 Å². The molecule has 21 heavy (non-hydrogen) atoms. The SMILES string of the molecule is COC(=O)C(C)(CCN(C)C1CCN(C)CC1)NC1CC1. The smallest absolute Gasteiger partial charge is 0.325 e. The van der Waals surface area contributed by atoms with E-state index in [0.29, 0.717) is 12.1 Å². The molecule has 1 saturated carbocycles. The maximum Gasteiger partial charge on any atom is 0.325 e. The Morgan fingerprint density at radius 2 is 1.95 bits per heavy atom. The summed E-state index contributed by atoms with van der Waals surface area (Å²) in [7, 11) is 5.85. The molecule has 0 aromatic heterocycles. The average Bonchev–Trinajstić information content (AvgIpc) is 3.28. The fourth-order valence-electron chi connectivity index (χ4n) is 3.15. The van der Waals surface area contributed by atoms with Gasteiger partial charge in [0.1, 0.15) is 5.54 Å². The van der Waals surface area contributed by atoms with Crippen LogP contribution in [0, 0.1) is 0 Å². The molecule has 122 valence electrons. The minimum absolute atomic E-state index is 0.133. The van der Waals surface area contributed by atoms with E-state index >= 15 is 0 Å². The first kappa shape index (κ1) is 16.7. The highest BCUT2D eigenvalue weighted by Crippen LogP contribution is 2.25. The molecule has 2 aliphatic rings. The van der Waals surface area contributed by atoms with Gasteiger partial charge in [0.05, 0.1) is 7.11 Å². The van der Waals surface area contributed by atoms with E-state index in [-0.39, 0.29) is 5.97 Å². The molecule has 0 radical (unpaired) electrons. The van der Waals surface area contributed by atoms with E-state index in [0.717, 1.165) is 13.0 Å². The van der Waals surface area contributed by atoms with E-state index in [9.17, 15) is 4.79 Å². The molecule has 5 heteroatoms. The number of nitrogens with zero attached hydrogens (tertiary/aromatic N) is 2. The Kier molecular flexibility index (Phi) is 5.63. The van der Waals surface area contributed by atoms with Crippen LogP contribution >= 0.6 is 0 Å². The Labute approximate surface area is 129 Å². The lowest BCUT2D eigenvalue weighted by Crippen LogP contribution is -2.53. The molecular weight excluding hydrogens is 266 g/mol. The third-order valence-corrected chi connectivity index (χ3v) is 5.01. The Bertz CT molecular complexity index is 351. The van der Waals surface area contributed by atoms with Crippen LogP contribution in [0.3, 0.4) is 0 Å². The normalized spacial score (nSPS) is 24.0. The molecule has 1 aliphatic heterocycles. The molecule has 0 bridgehead atoms. The van der Waals surface area contributed by atoms with E-state index in [4.69, 9.17) is 4.74 Å². The molecule has 2 fully saturated rings. The topological polar surface area (TPSA) is 44.8 Å². The quantitative estimate of drug-likeness (QED) is 0.713. The highest BCUT2D eigenvalue weighted by Gasteiger charge is 2.39. The van der Waals surface area contributed by atoms with Gasteiger partial charge < -0.3 is 14.5 Å². The van der Waals surface area contributed by atoms with Crippen LogP contribution in [0.4, 0.5) is 0 Å². The van der Waals surface area contributed by atoms with Gasteiger partial charge in [-0.25, -0.2) is 0 Å². The second-order valence-corrected chi connectivity index (χ2v) is 7.01. The Morgan fingerprint density at radius 1 is 1.33 bits per heavy atom. The number of likely N-dealkylation sites (tertiary alicyclic amines) is 1. The molecule has 1 heterocycles. The van der Waals surface area contributed by atoms with Crippen molar-refractivity contribution >= 4 is 5.97 Å². The summed E-state index contributed by atoms with van der Waals surface area (Å²) in [5.41, 5.74) is -0.546. The molecule has 5 nitrogen and oxygen atoms in total. The molecule has 1 saturated heterocycles. The highest BCUT2D eigenvalue weighted by atomic mass is 16.5. The van der Waals surface area contributed by atoms with Crippen molar-refractivity contribution in [3.63, 3.8) is 0 Å². The fraction of sp³-hybridized carbons (Fsp3) is 0.938. The second-order valence-electron chi connectivity index (χ2n) is 7.01. The van der Waals surface area contributed by atoms with E-state index in [1.165, 1.54) is 45.9 Å². The van der Waals surface area contributed by atoms with E-state index in [1.54, 1.807) is 0 Å². The van der Waals surface area contributed by atoms with Crippen LogP contribution in [0.1, 0.15) is 39.0 Å². The number of esters is 1. The van der Waals surface area contributed by atoms with Gasteiger partial charge in [0.25, 0.3) is 0 Å². The van der Waals surface area contributed by atoms with Gasteiger partial charge in [-0.15, -0.1) is 0 Å². The summed E-state index contributed by atoms with van der Waals surface area (Å²) in [5, 5.41) is 3.47. The zero-order valence-electron chi connectivity index (χ0n) is 14.0. The third kappa shape index (κ3) is 4.66. The molecule has 0 aromatic carbocycles. The van der Waals surface area contributed by atoms with Crippen molar-refractivity contribution in [1.82, 2.24) is 15.1 Å². The number of rotatable bonds is 7. The van der Waals surface area contributed by atoms with Crippen molar-refractivity contribution in [3.05, 3.63) is 0 Å². The number of piperidine rings is 1. The number of carbonyl (C=O) groups excluding carboxylic acids is 1. The van der Waals surface area contributed by atoms with Gasteiger partial charge in [-0.2, -0.15) is 0 Å². The van der Waals surface area contributed by atoms with Crippen molar-refractivity contribution in [2.24, 2.45) is 0 Å². The van der Waals surface area contributed by atoms with Gasteiger partial charge in [0.15, 0.2) is 0 Å². The summed E-state index contributed by atoms with van der Waals surface area (Å²) >= 11 is 0. The minimum atomic E-state index is -0.546. The van der Waals surface area contributed by atoms with Crippen molar-refractivity contribution in [2.45, 2.75) is 56.7 Å². The van der Waals surface area contributed by atoms with Crippen molar-refractivity contribution in [3.8, 4) is 0 Å². The highest BCUT2D eigenvalue weighted by molar-refractivity contribution is 5.80. The van der Waals surface area contributed by atoms with Gasteiger partial charge in [0, 0.05) is 18.6 Å². The van der Waals surface area contributed by atoms with E-state index in [1.807, 2.05) is 6.92 Å². The fourth-order valence-corrected chi connectivity index (χ4v) is 3.15. The predicted molar refractivity (Wildman–Crippen MR) is 84.3 cm³/mol. The number of carbonyl (C=O) groups is 1. The van der Waals surface area contributed by atoms with Crippen molar-refractivity contribution < 1.29 is 9.53 Å². The zero-order chi connectivity index (χ0) is 15.5. The maximum absolute atomic E-state index is 12.1. The molecule has 1 N–H and O–H groups in total. The van der Waals surface area contributed by atoms with Gasteiger partial charge in [-0.3, -0.25) is 10.1 Å². The summed E-state index contributed by atoms with van der Waals surface area (Å²) < 4.78 is 5.01. The standard InChI is InChI=1S/C16H31N3O2/c1-16(15(20)21-4,17-13-5-6-13)9-12-19(3)14-7-10-18(2)11-8-14/h13-14,17H,5-12H2,1-4H3. The first-order valence-corrected chi connectivity index (χ1v) is 8.19. The first-order valence-electron chi connectivity index (χ1n) is 8.19. The van der Waals surface area contributed by atoms with E-state index < -0.39 is 5.54 Å². The van der Waals surface area contributed by atoms with Gasteiger partial charge in [-0.1, -0.05) is 0 Å². The monoisotopic (exact) mass is 297 g/mol. The molecular formula is C16H31N3O2. The van der Waals surface area contributed by atoms with Crippen molar-refractivity contribution in [1.29, 1.82) is 0 Å². The van der Waals surface area contributed by atoms with Crippen LogP contribution in [0.2, 0.25) is 0 Å². The second kappa shape index (κ2) is 7.07. The predicted octanol–water partition coefficient (Wildman–Crippen LogP) is 1.09.